The second-order valence-electron chi connectivity index (χ2n) is 6.64. The summed E-state index contributed by atoms with van der Waals surface area (Å²) in [6, 6.07) is 9.85. The quantitative estimate of drug-likeness (QED) is 0.338. The fourth-order valence-corrected chi connectivity index (χ4v) is 5.73. The normalized spacial score (nSPS) is 15.0. The monoisotopic (exact) mass is 394 g/mol. The number of thiophene rings is 1. The Morgan fingerprint density at radius 1 is 1.07 bits per heavy atom. The van der Waals surface area contributed by atoms with Crippen molar-refractivity contribution in [3.8, 4) is 11.5 Å². The third kappa shape index (κ3) is 3.15. The molecule has 0 radical (unpaired) electrons. The van der Waals surface area contributed by atoms with Crippen LogP contribution in [0.3, 0.4) is 0 Å². The smallest absolute Gasteiger partial charge is 0.247 e. The maximum absolute atomic E-state index is 5.93. The number of fused-ring (bicyclic) bond motifs is 3. The summed E-state index contributed by atoms with van der Waals surface area (Å²) >= 11 is 3.49. The van der Waals surface area contributed by atoms with Crippen LogP contribution < -0.4 is 0 Å². The van der Waals surface area contributed by atoms with Crippen molar-refractivity contribution in [2.45, 2.75) is 42.9 Å². The van der Waals surface area contributed by atoms with Gasteiger partial charge in [0.15, 0.2) is 0 Å². The fourth-order valence-electron chi connectivity index (χ4n) is 3.46. The zero-order valence-electron chi connectivity index (χ0n) is 14.9. The predicted octanol–water partition coefficient (Wildman–Crippen LogP) is 5.47. The number of aryl methyl sites for hydroxylation is 2. The predicted molar refractivity (Wildman–Crippen MR) is 108 cm³/mol. The van der Waals surface area contributed by atoms with Gasteiger partial charge in [0.05, 0.1) is 5.25 Å². The van der Waals surface area contributed by atoms with Gasteiger partial charge in [0.2, 0.25) is 11.8 Å². The van der Waals surface area contributed by atoms with Gasteiger partial charge in [-0.1, -0.05) is 30.0 Å². The van der Waals surface area contributed by atoms with Crippen LogP contribution in [0.25, 0.3) is 21.7 Å². The van der Waals surface area contributed by atoms with Crippen molar-refractivity contribution in [3.05, 3.63) is 53.0 Å². The molecule has 136 valence electrons. The van der Waals surface area contributed by atoms with E-state index in [1.807, 2.05) is 41.7 Å². The van der Waals surface area contributed by atoms with Crippen molar-refractivity contribution >= 4 is 33.3 Å². The third-order valence-corrected chi connectivity index (χ3v) is 7.10. The lowest BCUT2D eigenvalue weighted by atomic mass is 9.97. The molecule has 4 aromatic rings. The van der Waals surface area contributed by atoms with Gasteiger partial charge in [0.1, 0.15) is 16.2 Å². The van der Waals surface area contributed by atoms with Gasteiger partial charge in [-0.15, -0.1) is 21.5 Å². The van der Waals surface area contributed by atoms with Gasteiger partial charge in [0.25, 0.3) is 0 Å². The summed E-state index contributed by atoms with van der Waals surface area (Å²) < 4.78 is 5.93. The summed E-state index contributed by atoms with van der Waals surface area (Å²) in [4.78, 5) is 11.7. The lowest BCUT2D eigenvalue weighted by Crippen LogP contribution is -1.99. The Hall–Kier alpha value is -2.25. The van der Waals surface area contributed by atoms with Crippen molar-refractivity contribution in [1.29, 1.82) is 0 Å². The van der Waals surface area contributed by atoms with Crippen LogP contribution in [0.1, 0.15) is 41.3 Å². The highest BCUT2D eigenvalue weighted by atomic mass is 32.2. The van der Waals surface area contributed by atoms with Crippen molar-refractivity contribution in [3.63, 3.8) is 0 Å². The summed E-state index contributed by atoms with van der Waals surface area (Å²) in [5.41, 5.74) is 2.39. The largest absolute Gasteiger partial charge is 0.419 e. The molecule has 27 heavy (non-hydrogen) atoms. The van der Waals surface area contributed by atoms with Gasteiger partial charge in [-0.2, -0.15) is 0 Å². The standard InChI is InChI=1S/C20H18N4OS2/c1-12(17-23-24-18(25-17)13-7-3-2-4-8-13)26-19-16-14-9-5-6-10-15(14)27-20(16)22-11-21-19/h2-4,7-8,11-12H,5-6,9-10H2,1H3/t12-/m1/s1. The molecule has 0 saturated carbocycles. The Balaban J connectivity index is 1.45. The molecule has 1 atom stereocenters. The average molecular weight is 395 g/mol. The van der Waals surface area contributed by atoms with Gasteiger partial charge >= 0.3 is 0 Å². The van der Waals surface area contributed by atoms with E-state index < -0.39 is 0 Å². The van der Waals surface area contributed by atoms with Gasteiger partial charge in [-0.05, 0) is 50.3 Å². The molecular weight excluding hydrogens is 376 g/mol. The fraction of sp³-hybridized carbons (Fsp3) is 0.300. The van der Waals surface area contributed by atoms with Gasteiger partial charge in [0, 0.05) is 15.8 Å². The number of thioether (sulfide) groups is 1. The van der Waals surface area contributed by atoms with E-state index in [0.29, 0.717) is 11.8 Å². The van der Waals surface area contributed by atoms with Crippen LogP contribution in [-0.4, -0.2) is 20.2 Å². The molecule has 3 heterocycles. The first-order valence-electron chi connectivity index (χ1n) is 9.10. The van der Waals surface area contributed by atoms with E-state index in [0.717, 1.165) is 21.8 Å². The molecule has 1 aromatic carbocycles. The first-order valence-corrected chi connectivity index (χ1v) is 10.8. The van der Waals surface area contributed by atoms with Crippen LogP contribution in [0.5, 0.6) is 0 Å². The highest BCUT2D eigenvalue weighted by molar-refractivity contribution is 7.99. The molecule has 3 aromatic heterocycles. The molecule has 5 nitrogen and oxygen atoms in total. The molecule has 0 fully saturated rings. The summed E-state index contributed by atoms with van der Waals surface area (Å²) in [6.45, 7) is 2.08. The molecule has 0 N–H and O–H groups in total. The van der Waals surface area contributed by atoms with Crippen LogP contribution >= 0.6 is 23.1 Å². The Kier molecular flexibility index (Phi) is 4.41. The molecule has 0 unspecified atom stereocenters. The second-order valence-corrected chi connectivity index (χ2v) is 9.05. The summed E-state index contributed by atoms with van der Waals surface area (Å²) in [6.07, 6.45) is 6.49. The minimum absolute atomic E-state index is 0.0206. The number of rotatable bonds is 4. The van der Waals surface area contributed by atoms with Crippen molar-refractivity contribution in [2.75, 3.05) is 0 Å². The molecule has 0 bridgehead atoms. The Morgan fingerprint density at radius 2 is 1.93 bits per heavy atom. The van der Waals surface area contributed by atoms with E-state index in [-0.39, 0.29) is 5.25 Å². The SMILES string of the molecule is C[C@@H](Sc1ncnc2sc3c(c12)CCCC3)c1nnc(-c2ccccc2)o1. The minimum Gasteiger partial charge on any atom is -0.419 e. The molecule has 0 spiro atoms. The van der Waals surface area contributed by atoms with Gasteiger partial charge < -0.3 is 4.42 Å². The van der Waals surface area contributed by atoms with Crippen LogP contribution in [-0.2, 0) is 12.8 Å². The van der Waals surface area contributed by atoms with E-state index in [9.17, 15) is 0 Å². The van der Waals surface area contributed by atoms with Crippen LogP contribution in [0.15, 0.2) is 46.1 Å². The lowest BCUT2D eigenvalue weighted by molar-refractivity contribution is 0.509. The number of hydrogen-bond acceptors (Lipinski definition) is 7. The number of nitrogens with zero attached hydrogens (tertiary/aromatic N) is 4. The van der Waals surface area contributed by atoms with Crippen LogP contribution in [0, 0.1) is 0 Å². The Bertz CT molecular complexity index is 1090. The maximum atomic E-state index is 5.93. The molecule has 0 saturated heterocycles. The molecule has 5 rings (SSSR count). The van der Waals surface area contributed by atoms with Crippen molar-refractivity contribution < 1.29 is 4.42 Å². The van der Waals surface area contributed by atoms with E-state index in [1.54, 1.807) is 18.1 Å². The second kappa shape index (κ2) is 7.05. The van der Waals surface area contributed by atoms with E-state index in [1.165, 1.54) is 35.1 Å². The number of hydrogen-bond donors (Lipinski definition) is 0. The molecule has 0 amide bonds. The Labute approximate surface area is 165 Å². The molecular formula is C20H18N4OS2. The molecule has 0 aliphatic heterocycles. The summed E-state index contributed by atoms with van der Waals surface area (Å²) in [5.74, 6) is 1.17. The zero-order chi connectivity index (χ0) is 18.2. The Morgan fingerprint density at radius 3 is 2.81 bits per heavy atom. The summed E-state index contributed by atoms with van der Waals surface area (Å²) in [7, 11) is 0. The lowest BCUT2D eigenvalue weighted by Gasteiger charge is -2.12. The van der Waals surface area contributed by atoms with E-state index in [4.69, 9.17) is 4.42 Å². The first kappa shape index (κ1) is 16.9. The van der Waals surface area contributed by atoms with Gasteiger partial charge in [-0.3, -0.25) is 0 Å². The average Bonchev–Trinajstić information content (AvgIpc) is 3.34. The molecule has 1 aliphatic rings. The van der Waals surface area contributed by atoms with Crippen molar-refractivity contribution in [1.82, 2.24) is 20.2 Å². The summed E-state index contributed by atoms with van der Waals surface area (Å²) in [5, 5.41) is 10.8. The van der Waals surface area contributed by atoms with Crippen LogP contribution in [0.2, 0.25) is 0 Å². The first-order chi connectivity index (χ1) is 13.3. The third-order valence-electron chi connectivity index (χ3n) is 4.81. The zero-order valence-corrected chi connectivity index (χ0v) is 16.5. The number of aromatic nitrogens is 4. The van der Waals surface area contributed by atoms with E-state index >= 15 is 0 Å². The highest BCUT2D eigenvalue weighted by Crippen LogP contribution is 2.43. The van der Waals surface area contributed by atoms with Crippen LogP contribution in [0.4, 0.5) is 0 Å². The van der Waals surface area contributed by atoms with Crippen molar-refractivity contribution in [2.24, 2.45) is 0 Å². The van der Waals surface area contributed by atoms with E-state index in [2.05, 4.69) is 27.1 Å². The number of benzene rings is 1. The molecule has 1 aliphatic carbocycles. The topological polar surface area (TPSA) is 64.7 Å². The maximum Gasteiger partial charge on any atom is 0.247 e. The minimum atomic E-state index is 0.0206. The highest BCUT2D eigenvalue weighted by Gasteiger charge is 2.23. The van der Waals surface area contributed by atoms with Gasteiger partial charge in [-0.25, -0.2) is 9.97 Å². The molecule has 7 heteroatoms.